The molecule has 0 rings (SSSR count). The van der Waals surface area contributed by atoms with Gasteiger partial charge in [-0.2, -0.15) is 0 Å². The summed E-state index contributed by atoms with van der Waals surface area (Å²) in [6.45, 7) is 15.5. The summed E-state index contributed by atoms with van der Waals surface area (Å²) >= 11 is 0. The lowest BCUT2D eigenvalue weighted by Gasteiger charge is -1.92. The van der Waals surface area contributed by atoms with E-state index < -0.39 is 0 Å². The molecular weight excluding hydrogens is 120 g/mol. The quantitative estimate of drug-likeness (QED) is 0.512. The fourth-order valence-electron chi connectivity index (χ4n) is 0.333. The van der Waals surface area contributed by atoms with E-state index in [1.807, 2.05) is 19.9 Å². The zero-order valence-corrected chi connectivity index (χ0v) is 7.78. The Hall–Kier alpha value is -0.520. The molecule has 0 atom stereocenters. The van der Waals surface area contributed by atoms with E-state index in [4.69, 9.17) is 0 Å². The smallest absolute Gasteiger partial charge is 0.0330 e. The highest BCUT2D eigenvalue weighted by Gasteiger charge is 1.82. The molecule has 0 heterocycles. The Balaban J connectivity index is 0. The van der Waals surface area contributed by atoms with Crippen molar-refractivity contribution in [1.29, 1.82) is 0 Å². The molecule has 60 valence electrons. The number of rotatable bonds is 2. The maximum Gasteiger partial charge on any atom is -0.0330 e. The van der Waals surface area contributed by atoms with Gasteiger partial charge in [-0.3, -0.25) is 0 Å². The van der Waals surface area contributed by atoms with Gasteiger partial charge in [0.1, 0.15) is 0 Å². The van der Waals surface area contributed by atoms with E-state index in [1.165, 1.54) is 5.57 Å². The van der Waals surface area contributed by atoms with Crippen molar-refractivity contribution in [2.45, 2.75) is 34.1 Å². The molecule has 0 heteroatoms. The van der Waals surface area contributed by atoms with Crippen molar-refractivity contribution < 1.29 is 0 Å². The van der Waals surface area contributed by atoms with E-state index in [0.29, 0.717) is 0 Å². The molecule has 0 unspecified atom stereocenters. The third-order valence-electron chi connectivity index (χ3n) is 0.638. The fourth-order valence-corrected chi connectivity index (χ4v) is 0.333. The van der Waals surface area contributed by atoms with Crippen molar-refractivity contribution in [1.82, 2.24) is 0 Å². The van der Waals surface area contributed by atoms with Crippen LogP contribution in [0.4, 0.5) is 0 Å². The van der Waals surface area contributed by atoms with Gasteiger partial charge in [0, 0.05) is 0 Å². The lowest BCUT2D eigenvalue weighted by molar-refractivity contribution is 0.664. The second-order valence-electron chi connectivity index (χ2n) is 3.13. The highest BCUT2D eigenvalue weighted by molar-refractivity contribution is 4.78. The van der Waals surface area contributed by atoms with Crippen molar-refractivity contribution in [2.75, 3.05) is 0 Å². The molecule has 0 aliphatic carbocycles. The summed E-state index contributed by atoms with van der Waals surface area (Å²) in [5.41, 5.74) is 1.17. The van der Waals surface area contributed by atoms with Crippen molar-refractivity contribution in [3.8, 4) is 0 Å². The number of allylic oxidation sites excluding steroid dienone is 2. The fraction of sp³-hybridized carbons (Fsp3) is 0.600. The van der Waals surface area contributed by atoms with Crippen molar-refractivity contribution in [3.05, 3.63) is 24.8 Å². The van der Waals surface area contributed by atoms with E-state index in [2.05, 4.69) is 27.0 Å². The molecule has 0 nitrogen and oxygen atoms in total. The molecule has 0 aromatic heterocycles. The van der Waals surface area contributed by atoms with Gasteiger partial charge >= 0.3 is 0 Å². The van der Waals surface area contributed by atoms with Crippen LogP contribution >= 0.6 is 0 Å². The Kier molecular flexibility index (Phi) is 10.3. The summed E-state index contributed by atoms with van der Waals surface area (Å²) < 4.78 is 0. The Labute approximate surface area is 65.7 Å². The molecule has 0 spiro atoms. The molecule has 0 N–H and O–H groups in total. The van der Waals surface area contributed by atoms with Gasteiger partial charge in [0.25, 0.3) is 0 Å². The Bertz CT molecular complexity index is 84.2. The third-order valence-corrected chi connectivity index (χ3v) is 0.638. The Morgan fingerprint density at radius 2 is 1.70 bits per heavy atom. The summed E-state index contributed by atoms with van der Waals surface area (Å²) in [7, 11) is 0. The minimum absolute atomic E-state index is 0.780. The number of hydrogen-bond acceptors (Lipinski definition) is 0. The van der Waals surface area contributed by atoms with Crippen LogP contribution in [0.15, 0.2) is 24.8 Å². The van der Waals surface area contributed by atoms with Crippen LogP contribution in [-0.4, -0.2) is 0 Å². The SMILES string of the molecule is C=C(C)C.C=CCC(C)C. The zero-order valence-electron chi connectivity index (χ0n) is 7.78. The van der Waals surface area contributed by atoms with Crippen LogP contribution in [0.25, 0.3) is 0 Å². The van der Waals surface area contributed by atoms with Crippen LogP contribution in [0.2, 0.25) is 0 Å². The third kappa shape index (κ3) is 51.1. The molecule has 0 fully saturated rings. The van der Waals surface area contributed by atoms with Crippen LogP contribution in [-0.2, 0) is 0 Å². The standard InChI is InChI=1S/C6H12.C4H8/c1-4-5-6(2)3;1-4(2)3/h4,6H,1,5H2,2-3H3;1H2,2-3H3. The first-order valence-electron chi connectivity index (χ1n) is 3.73. The Morgan fingerprint density at radius 1 is 1.40 bits per heavy atom. The largest absolute Gasteiger partial charge is 0.103 e. The average Bonchev–Trinajstić information content (AvgIpc) is 1.62. The minimum Gasteiger partial charge on any atom is -0.103 e. The predicted molar refractivity (Wildman–Crippen MR) is 50.1 cm³/mol. The van der Waals surface area contributed by atoms with Gasteiger partial charge in [-0.05, 0) is 26.2 Å². The topological polar surface area (TPSA) is 0 Å². The van der Waals surface area contributed by atoms with E-state index >= 15 is 0 Å². The second-order valence-corrected chi connectivity index (χ2v) is 3.13. The molecule has 0 radical (unpaired) electrons. The molecule has 0 amide bonds. The van der Waals surface area contributed by atoms with Crippen LogP contribution in [0.5, 0.6) is 0 Å². The van der Waals surface area contributed by atoms with E-state index in [0.717, 1.165) is 12.3 Å². The molecule has 0 saturated carbocycles. The van der Waals surface area contributed by atoms with Gasteiger partial charge in [-0.25, -0.2) is 0 Å². The Morgan fingerprint density at radius 3 is 1.70 bits per heavy atom. The van der Waals surface area contributed by atoms with Crippen molar-refractivity contribution in [3.63, 3.8) is 0 Å². The zero-order chi connectivity index (χ0) is 8.57. The first kappa shape index (κ1) is 12.2. The van der Waals surface area contributed by atoms with Crippen LogP contribution in [0.1, 0.15) is 34.1 Å². The highest BCUT2D eigenvalue weighted by Crippen LogP contribution is 1.96. The lowest BCUT2D eigenvalue weighted by atomic mass is 10.1. The summed E-state index contributed by atoms with van der Waals surface area (Å²) in [5.74, 6) is 0.780. The summed E-state index contributed by atoms with van der Waals surface area (Å²) in [6, 6.07) is 0. The molecule has 0 aliphatic heterocycles. The predicted octanol–water partition coefficient (Wildman–Crippen LogP) is 3.80. The maximum absolute atomic E-state index is 3.60. The van der Waals surface area contributed by atoms with E-state index in [9.17, 15) is 0 Å². The molecule has 0 saturated heterocycles. The normalized spacial score (nSPS) is 8.10. The first-order valence-corrected chi connectivity index (χ1v) is 3.73. The molecule has 0 bridgehead atoms. The number of hydrogen-bond donors (Lipinski definition) is 0. The molecule has 0 aromatic carbocycles. The van der Waals surface area contributed by atoms with Gasteiger partial charge in [-0.1, -0.05) is 25.5 Å². The molecular formula is C10H20. The lowest BCUT2D eigenvalue weighted by Crippen LogP contribution is -1.78. The van der Waals surface area contributed by atoms with Crippen molar-refractivity contribution >= 4 is 0 Å². The summed E-state index contributed by atoms with van der Waals surface area (Å²) in [6.07, 6.45) is 3.09. The van der Waals surface area contributed by atoms with E-state index in [-0.39, 0.29) is 0 Å². The maximum atomic E-state index is 3.60. The van der Waals surface area contributed by atoms with E-state index in [1.54, 1.807) is 0 Å². The second kappa shape index (κ2) is 8.48. The molecule has 0 aliphatic rings. The monoisotopic (exact) mass is 140 g/mol. The van der Waals surface area contributed by atoms with Gasteiger partial charge in [0.15, 0.2) is 0 Å². The summed E-state index contributed by atoms with van der Waals surface area (Å²) in [5, 5.41) is 0. The highest BCUT2D eigenvalue weighted by atomic mass is 13.9. The first-order chi connectivity index (χ1) is 4.50. The van der Waals surface area contributed by atoms with Crippen LogP contribution in [0, 0.1) is 5.92 Å². The van der Waals surface area contributed by atoms with Crippen LogP contribution < -0.4 is 0 Å². The van der Waals surface area contributed by atoms with Crippen LogP contribution in [0.3, 0.4) is 0 Å². The van der Waals surface area contributed by atoms with Crippen molar-refractivity contribution in [2.24, 2.45) is 5.92 Å². The summed E-state index contributed by atoms with van der Waals surface area (Å²) in [4.78, 5) is 0. The van der Waals surface area contributed by atoms with Gasteiger partial charge in [0.05, 0.1) is 0 Å². The average molecular weight is 140 g/mol. The van der Waals surface area contributed by atoms with Gasteiger partial charge in [0.2, 0.25) is 0 Å². The molecule has 0 aromatic rings. The van der Waals surface area contributed by atoms with Gasteiger partial charge < -0.3 is 0 Å². The molecule has 10 heavy (non-hydrogen) atoms. The minimum atomic E-state index is 0.780. The van der Waals surface area contributed by atoms with Gasteiger partial charge in [-0.15, -0.1) is 13.2 Å².